The van der Waals surface area contributed by atoms with Gasteiger partial charge in [0, 0.05) is 0 Å². The van der Waals surface area contributed by atoms with Crippen LogP contribution < -0.4 is 24.8 Å². The van der Waals surface area contributed by atoms with Crippen molar-refractivity contribution in [2.45, 2.75) is 81.7 Å². The molecule has 0 spiro atoms. The van der Waals surface area contributed by atoms with Crippen LogP contribution in [0.2, 0.25) is 8.26 Å². The first-order chi connectivity index (χ1) is 19.3. The van der Waals surface area contributed by atoms with Crippen molar-refractivity contribution < 1.29 is 68.3 Å². The van der Waals surface area contributed by atoms with Crippen molar-refractivity contribution in [3.05, 3.63) is 125 Å². The topological polar surface area (TPSA) is 0 Å². The minimum Gasteiger partial charge on any atom is -1.00 e. The third-order valence-corrected chi connectivity index (χ3v) is 28.2. The molecule has 0 amide bonds. The predicted molar refractivity (Wildman–Crippen MR) is 169 cm³/mol. The monoisotopic (exact) mass is 752 g/mol. The molecule has 2 atom stereocenters. The van der Waals surface area contributed by atoms with Gasteiger partial charge in [-0.1, -0.05) is 0 Å². The summed E-state index contributed by atoms with van der Waals surface area (Å²) in [6.45, 7) is 14.2. The van der Waals surface area contributed by atoms with Gasteiger partial charge in [-0.15, -0.1) is 0 Å². The zero-order valence-electron chi connectivity index (χ0n) is 26.2. The van der Waals surface area contributed by atoms with Crippen LogP contribution in [0.3, 0.4) is 0 Å². The van der Waals surface area contributed by atoms with Gasteiger partial charge in [-0.2, -0.15) is 0 Å². The maximum atomic E-state index is 2.53. The van der Waals surface area contributed by atoms with Crippen molar-refractivity contribution in [2.24, 2.45) is 0 Å². The van der Waals surface area contributed by atoms with Crippen LogP contribution in [0, 0.1) is 13.8 Å². The number of fused-ring (bicyclic) bond motifs is 2. The van der Waals surface area contributed by atoms with Crippen molar-refractivity contribution in [3.8, 4) is 0 Å². The minimum atomic E-state index is -1.68. The number of aryl methyl sites for hydroxylation is 2. The van der Waals surface area contributed by atoms with Crippen LogP contribution in [0.15, 0.2) is 91.6 Å². The number of rotatable bonds is 8. The van der Waals surface area contributed by atoms with E-state index in [1.807, 2.05) is 0 Å². The predicted octanol–water partition coefficient (Wildman–Crippen LogP) is 5.06. The van der Waals surface area contributed by atoms with Crippen LogP contribution in [-0.4, -0.2) is 0 Å². The fourth-order valence-electron chi connectivity index (χ4n) is 7.10. The second-order valence-electron chi connectivity index (χ2n) is 12.4. The summed E-state index contributed by atoms with van der Waals surface area (Å²) >= 11 is -3.35. The van der Waals surface area contributed by atoms with Crippen LogP contribution in [-0.2, 0) is 49.7 Å². The molecule has 4 heteroatoms. The van der Waals surface area contributed by atoms with Crippen LogP contribution in [0.5, 0.6) is 0 Å². The van der Waals surface area contributed by atoms with Crippen LogP contribution in [0.25, 0.3) is 12.2 Å². The molecule has 220 valence electrons. The molecule has 0 saturated heterocycles. The van der Waals surface area contributed by atoms with E-state index in [0.717, 1.165) is 0 Å². The molecule has 2 aromatic rings. The van der Waals surface area contributed by atoms with Crippen molar-refractivity contribution in [1.29, 1.82) is 0 Å². The maximum absolute atomic E-state index is 2.53. The number of hydrogen-bond donors (Lipinski definition) is 0. The van der Waals surface area contributed by atoms with E-state index >= 15 is 0 Å². The number of allylic oxidation sites excluding steroid dienone is 10. The standard InChI is InChI=1S/2C11H11.2C5H5.2C3H7.2ClH.2Zr/c2*1-8-3-5-10-6-4-9(2)11(10)7-8;2*1-2-4-5-3-1;2*1-3-2;;;;/h2*3-7H,1-2H3;2*1-3H,4H2;2*1,3H2,2H3;2*1H;;/q;;;;;;;;2*+1/p-2. The SMILES string of the molecule is CC[CH2][Zr+]([C]1=CC=CC1)[C]1(C)C=Cc2ccc(C)cc21.CC[CH2][Zr+]([C]1=CC=CC1)[C]1(C)C=Cc2ccc(C)cc21.[Cl-].[Cl-]. The van der Waals surface area contributed by atoms with E-state index in [1.165, 1.54) is 56.2 Å². The van der Waals surface area contributed by atoms with Crippen molar-refractivity contribution >= 4 is 12.2 Å². The maximum Gasteiger partial charge on any atom is -1.00 e. The van der Waals surface area contributed by atoms with E-state index in [1.54, 1.807) is 17.7 Å². The fourth-order valence-corrected chi connectivity index (χ4v) is 24.3. The van der Waals surface area contributed by atoms with E-state index in [0.29, 0.717) is 6.25 Å². The summed E-state index contributed by atoms with van der Waals surface area (Å²) in [6.07, 6.45) is 29.0. The van der Waals surface area contributed by atoms with Gasteiger partial charge in [-0.3, -0.25) is 0 Å². The second-order valence-corrected chi connectivity index (χ2v) is 27.8. The van der Waals surface area contributed by atoms with Gasteiger partial charge in [-0.05, 0) is 0 Å². The van der Waals surface area contributed by atoms with E-state index < -0.39 is 43.5 Å². The zero-order valence-corrected chi connectivity index (χ0v) is 32.7. The van der Waals surface area contributed by atoms with Crippen LogP contribution in [0.1, 0.15) is 86.8 Å². The molecule has 0 aliphatic heterocycles. The molecule has 42 heavy (non-hydrogen) atoms. The van der Waals surface area contributed by atoms with Crippen molar-refractivity contribution in [1.82, 2.24) is 0 Å². The zero-order chi connectivity index (χ0) is 28.3. The molecule has 0 saturated carbocycles. The Morgan fingerprint density at radius 1 is 0.643 bits per heavy atom. The molecule has 0 bridgehead atoms. The van der Waals surface area contributed by atoms with E-state index in [-0.39, 0.29) is 24.8 Å². The summed E-state index contributed by atoms with van der Waals surface area (Å²) in [4.78, 5) is 0. The summed E-state index contributed by atoms with van der Waals surface area (Å²) in [7, 11) is 0. The first kappa shape index (κ1) is 35.7. The molecule has 0 heterocycles. The van der Waals surface area contributed by atoms with E-state index in [9.17, 15) is 0 Å². The molecule has 0 radical (unpaired) electrons. The molecule has 0 aromatic heterocycles. The second kappa shape index (κ2) is 15.5. The van der Waals surface area contributed by atoms with Gasteiger partial charge in [0.05, 0.1) is 0 Å². The van der Waals surface area contributed by atoms with Gasteiger partial charge < -0.3 is 24.8 Å². The van der Waals surface area contributed by atoms with Gasteiger partial charge in [0.25, 0.3) is 0 Å². The molecule has 0 N–H and O–H groups in total. The summed E-state index contributed by atoms with van der Waals surface area (Å²) in [6, 6.07) is 14.0. The van der Waals surface area contributed by atoms with E-state index in [4.69, 9.17) is 0 Å². The quantitative estimate of drug-likeness (QED) is 0.354. The van der Waals surface area contributed by atoms with Gasteiger partial charge in [0.2, 0.25) is 0 Å². The molecule has 4 aliphatic rings. The van der Waals surface area contributed by atoms with E-state index in [2.05, 4.69) is 139 Å². The molecule has 2 aromatic carbocycles. The summed E-state index contributed by atoms with van der Waals surface area (Å²) in [5, 5.41) is 0. The Hall–Kier alpha value is -0.774. The van der Waals surface area contributed by atoms with Gasteiger partial charge in [0.1, 0.15) is 0 Å². The third-order valence-electron chi connectivity index (χ3n) is 9.30. The van der Waals surface area contributed by atoms with Crippen molar-refractivity contribution in [3.63, 3.8) is 0 Å². The van der Waals surface area contributed by atoms with Gasteiger partial charge in [-0.25, -0.2) is 0 Å². The molecular weight excluding hydrogens is 710 g/mol. The Labute approximate surface area is 284 Å². The molecule has 0 nitrogen and oxygen atoms in total. The Morgan fingerprint density at radius 2 is 1.05 bits per heavy atom. The average Bonchev–Trinajstić information content (AvgIpc) is 3.76. The first-order valence-electron chi connectivity index (χ1n) is 15.4. The third kappa shape index (κ3) is 7.20. The van der Waals surface area contributed by atoms with Gasteiger partial charge in [0.15, 0.2) is 0 Å². The summed E-state index contributed by atoms with van der Waals surface area (Å²) in [5.74, 6) is 0. The van der Waals surface area contributed by atoms with Gasteiger partial charge >= 0.3 is 262 Å². The number of hydrogen-bond acceptors (Lipinski definition) is 0. The minimum absolute atomic E-state index is 0. The van der Waals surface area contributed by atoms with Crippen LogP contribution >= 0.6 is 0 Å². The summed E-state index contributed by atoms with van der Waals surface area (Å²) in [5.41, 5.74) is 8.92. The summed E-state index contributed by atoms with van der Waals surface area (Å²) < 4.78 is 7.24. The Balaban J connectivity index is 0.000000220. The largest absolute Gasteiger partial charge is 1.00 e. The smallest absolute Gasteiger partial charge is 1.00 e. The molecule has 2 unspecified atom stereocenters. The van der Waals surface area contributed by atoms with Crippen LogP contribution in [0.4, 0.5) is 0 Å². The number of benzene rings is 2. The normalized spacial score (nSPS) is 22.0. The Morgan fingerprint density at radius 3 is 1.38 bits per heavy atom. The number of halogens is 2. The Bertz CT molecular complexity index is 1330. The molecule has 4 aliphatic carbocycles. The fraction of sp³-hybridized carbons (Fsp3) is 0.368. The van der Waals surface area contributed by atoms with Crippen molar-refractivity contribution in [2.75, 3.05) is 0 Å². The molecule has 0 fully saturated rings. The first-order valence-corrected chi connectivity index (χ1v) is 23.7. The molecule has 6 rings (SSSR count). The average molecular weight is 756 g/mol. The Kier molecular flexibility index (Phi) is 13.2. The molecular formula is C38H46Cl2Zr2.